The fraction of sp³-hybridized carbons (Fsp3) is 0.467. The zero-order valence-corrected chi connectivity index (χ0v) is 13.8. The van der Waals surface area contributed by atoms with Crippen LogP contribution in [-0.4, -0.2) is 38.2 Å². The maximum atomic E-state index is 9.94. The van der Waals surface area contributed by atoms with E-state index in [-0.39, 0.29) is 19.3 Å². The van der Waals surface area contributed by atoms with Gasteiger partial charge in [-0.15, -0.1) is 0 Å². The second-order valence-corrected chi connectivity index (χ2v) is 6.32. The molecule has 0 atom stereocenters. The first-order valence-corrected chi connectivity index (χ1v) is 7.68. The first-order valence-electron chi connectivity index (χ1n) is 6.89. The normalized spacial score (nSPS) is 12.1. The van der Waals surface area contributed by atoms with Gasteiger partial charge in [0.25, 0.3) is 0 Å². The Kier molecular flexibility index (Phi) is 5.13. The highest BCUT2D eigenvalue weighted by Crippen LogP contribution is 2.33. The number of benzene rings is 1. The number of aliphatic hydroxyl groups is 2. The Morgan fingerprint density at radius 1 is 1.24 bits per heavy atom. The molecule has 114 valence electrons. The number of aliphatic hydroxyl groups excluding tert-OH is 2. The van der Waals surface area contributed by atoms with Gasteiger partial charge in [-0.05, 0) is 25.5 Å². The molecule has 1 aromatic heterocycles. The Hall–Kier alpha value is -1.24. The molecule has 1 heterocycles. The van der Waals surface area contributed by atoms with E-state index in [0.717, 1.165) is 15.9 Å². The van der Waals surface area contributed by atoms with Gasteiger partial charge in [0.05, 0.1) is 13.2 Å². The van der Waals surface area contributed by atoms with Gasteiger partial charge in [0.15, 0.2) is 0 Å². The van der Waals surface area contributed by atoms with Crippen LogP contribution in [0.25, 0.3) is 0 Å². The molecule has 0 unspecified atom stereocenters. The van der Waals surface area contributed by atoms with Crippen LogP contribution in [0.4, 0.5) is 0 Å². The molecule has 0 amide bonds. The highest BCUT2D eigenvalue weighted by molar-refractivity contribution is 9.10. The lowest BCUT2D eigenvalue weighted by Crippen LogP contribution is -2.38. The SMILES string of the molecule is CC(C)n1ncnc1CC(CO)(CO)c1ccccc1Br. The van der Waals surface area contributed by atoms with Crippen LogP contribution >= 0.6 is 15.9 Å². The third-order valence-electron chi connectivity index (χ3n) is 3.68. The first kappa shape index (κ1) is 16.1. The molecule has 2 N–H and O–H groups in total. The molecule has 2 aromatic rings. The number of hydrogen-bond donors (Lipinski definition) is 2. The van der Waals surface area contributed by atoms with Crippen molar-refractivity contribution in [2.24, 2.45) is 0 Å². The van der Waals surface area contributed by atoms with Crippen LogP contribution in [-0.2, 0) is 11.8 Å². The summed E-state index contributed by atoms with van der Waals surface area (Å²) in [5.74, 6) is 0.754. The summed E-state index contributed by atoms with van der Waals surface area (Å²) in [7, 11) is 0. The molecule has 0 saturated carbocycles. The van der Waals surface area contributed by atoms with Crippen molar-refractivity contribution in [3.05, 3.63) is 46.5 Å². The molecule has 0 fully saturated rings. The van der Waals surface area contributed by atoms with E-state index in [1.165, 1.54) is 6.33 Å². The van der Waals surface area contributed by atoms with Crippen molar-refractivity contribution in [1.29, 1.82) is 0 Å². The van der Waals surface area contributed by atoms with Gasteiger partial charge in [-0.2, -0.15) is 5.10 Å². The number of nitrogens with zero attached hydrogens (tertiary/aromatic N) is 3. The third kappa shape index (κ3) is 3.17. The highest BCUT2D eigenvalue weighted by Gasteiger charge is 2.35. The number of rotatable bonds is 6. The summed E-state index contributed by atoms with van der Waals surface area (Å²) in [4.78, 5) is 4.29. The van der Waals surface area contributed by atoms with Crippen LogP contribution in [0.1, 0.15) is 31.3 Å². The Labute approximate surface area is 132 Å². The highest BCUT2D eigenvalue weighted by atomic mass is 79.9. The molecule has 0 saturated heterocycles. The van der Waals surface area contributed by atoms with Crippen molar-refractivity contribution in [1.82, 2.24) is 14.8 Å². The largest absolute Gasteiger partial charge is 0.395 e. The van der Waals surface area contributed by atoms with Gasteiger partial charge in [0, 0.05) is 22.4 Å². The van der Waals surface area contributed by atoms with Crippen LogP contribution in [0.15, 0.2) is 35.1 Å². The number of halogens is 1. The van der Waals surface area contributed by atoms with Crippen molar-refractivity contribution in [2.45, 2.75) is 31.7 Å². The van der Waals surface area contributed by atoms with Crippen molar-refractivity contribution in [3.8, 4) is 0 Å². The minimum Gasteiger partial charge on any atom is -0.395 e. The minimum atomic E-state index is -0.792. The maximum Gasteiger partial charge on any atom is 0.138 e. The molecule has 1 aromatic carbocycles. The molecular weight excluding hydrogens is 334 g/mol. The molecule has 0 aliphatic carbocycles. The standard InChI is InChI=1S/C15H20BrN3O2/c1-11(2)19-14(17-10-18-19)7-15(8-20,9-21)12-5-3-4-6-13(12)16/h3-6,10-11,20-21H,7-9H2,1-2H3. The predicted octanol–water partition coefficient (Wildman–Crippen LogP) is 2.09. The second-order valence-electron chi connectivity index (χ2n) is 5.47. The minimum absolute atomic E-state index is 0.170. The van der Waals surface area contributed by atoms with E-state index in [2.05, 4.69) is 26.0 Å². The van der Waals surface area contributed by atoms with E-state index in [4.69, 9.17) is 0 Å². The predicted molar refractivity (Wildman–Crippen MR) is 84.1 cm³/mol. The van der Waals surface area contributed by atoms with Gasteiger partial charge in [0.2, 0.25) is 0 Å². The summed E-state index contributed by atoms with van der Waals surface area (Å²) in [5, 5.41) is 24.1. The van der Waals surface area contributed by atoms with E-state index in [0.29, 0.717) is 6.42 Å². The topological polar surface area (TPSA) is 71.2 Å². The summed E-state index contributed by atoms with van der Waals surface area (Å²) < 4.78 is 2.68. The Bertz CT molecular complexity index is 594. The lowest BCUT2D eigenvalue weighted by Gasteiger charge is -2.31. The Morgan fingerprint density at radius 3 is 2.48 bits per heavy atom. The monoisotopic (exact) mass is 353 g/mol. The lowest BCUT2D eigenvalue weighted by molar-refractivity contribution is 0.113. The summed E-state index contributed by atoms with van der Waals surface area (Å²) in [6.45, 7) is 3.71. The average molecular weight is 354 g/mol. The zero-order chi connectivity index (χ0) is 15.5. The number of aromatic nitrogens is 3. The molecule has 0 bridgehead atoms. The van der Waals surface area contributed by atoms with Crippen molar-refractivity contribution < 1.29 is 10.2 Å². The van der Waals surface area contributed by atoms with Crippen molar-refractivity contribution in [3.63, 3.8) is 0 Å². The number of hydrogen-bond acceptors (Lipinski definition) is 4. The van der Waals surface area contributed by atoms with E-state index < -0.39 is 5.41 Å². The van der Waals surface area contributed by atoms with Crippen LogP contribution in [0, 0.1) is 0 Å². The summed E-state index contributed by atoms with van der Waals surface area (Å²) >= 11 is 3.50. The quantitative estimate of drug-likeness (QED) is 0.833. The summed E-state index contributed by atoms with van der Waals surface area (Å²) in [5.41, 5.74) is 0.0769. The fourth-order valence-electron chi connectivity index (χ4n) is 2.45. The van der Waals surface area contributed by atoms with Gasteiger partial charge in [-0.3, -0.25) is 0 Å². The molecule has 0 aliphatic rings. The second kappa shape index (κ2) is 6.68. The van der Waals surface area contributed by atoms with Gasteiger partial charge in [0.1, 0.15) is 12.2 Å². The van der Waals surface area contributed by atoms with Gasteiger partial charge in [-0.1, -0.05) is 34.1 Å². The van der Waals surface area contributed by atoms with Gasteiger partial charge >= 0.3 is 0 Å². The van der Waals surface area contributed by atoms with E-state index in [1.54, 1.807) is 0 Å². The fourth-order valence-corrected chi connectivity index (χ4v) is 3.16. The molecule has 5 nitrogen and oxygen atoms in total. The third-order valence-corrected chi connectivity index (χ3v) is 4.37. The molecule has 0 aliphatic heterocycles. The van der Waals surface area contributed by atoms with Crippen LogP contribution in [0.3, 0.4) is 0 Å². The first-order chi connectivity index (χ1) is 10.0. The van der Waals surface area contributed by atoms with E-state index in [1.807, 2.05) is 42.8 Å². The lowest BCUT2D eigenvalue weighted by atomic mass is 9.78. The van der Waals surface area contributed by atoms with Crippen molar-refractivity contribution >= 4 is 15.9 Å². The maximum absolute atomic E-state index is 9.94. The molecule has 6 heteroatoms. The van der Waals surface area contributed by atoms with Crippen molar-refractivity contribution in [2.75, 3.05) is 13.2 Å². The summed E-state index contributed by atoms with van der Waals surface area (Å²) in [6, 6.07) is 7.79. The smallest absolute Gasteiger partial charge is 0.138 e. The van der Waals surface area contributed by atoms with Crippen LogP contribution < -0.4 is 0 Å². The van der Waals surface area contributed by atoms with Crippen LogP contribution in [0.5, 0.6) is 0 Å². The molecule has 2 rings (SSSR count). The summed E-state index contributed by atoms with van der Waals surface area (Å²) in [6.07, 6.45) is 1.93. The van der Waals surface area contributed by atoms with Gasteiger partial charge < -0.3 is 10.2 Å². The van der Waals surface area contributed by atoms with E-state index >= 15 is 0 Å². The molecule has 0 spiro atoms. The Morgan fingerprint density at radius 2 is 1.90 bits per heavy atom. The molecule has 0 radical (unpaired) electrons. The zero-order valence-electron chi connectivity index (χ0n) is 12.2. The van der Waals surface area contributed by atoms with Crippen LogP contribution in [0.2, 0.25) is 0 Å². The molecular formula is C15H20BrN3O2. The Balaban J connectivity index is 2.44. The molecule has 21 heavy (non-hydrogen) atoms. The van der Waals surface area contributed by atoms with E-state index in [9.17, 15) is 10.2 Å². The van der Waals surface area contributed by atoms with Gasteiger partial charge in [-0.25, -0.2) is 9.67 Å². The average Bonchev–Trinajstić information content (AvgIpc) is 2.94.